The van der Waals surface area contributed by atoms with E-state index in [4.69, 9.17) is 7.85 Å². The van der Waals surface area contributed by atoms with E-state index in [1.54, 1.807) is 0 Å². The van der Waals surface area contributed by atoms with E-state index in [0.717, 1.165) is 11.5 Å². The Labute approximate surface area is 84.5 Å². The zero-order valence-corrected chi connectivity index (χ0v) is 7.63. The van der Waals surface area contributed by atoms with Gasteiger partial charge in [-0.25, -0.2) is 0 Å². The van der Waals surface area contributed by atoms with Crippen molar-refractivity contribution in [3.8, 4) is 0 Å². The van der Waals surface area contributed by atoms with E-state index >= 15 is 0 Å². The zero-order chi connectivity index (χ0) is 9.40. The molecule has 0 atom stereocenters. The monoisotopic (exact) mass is 193 g/mol. The molecule has 0 aromatic heterocycles. The van der Waals surface area contributed by atoms with Crippen molar-refractivity contribution in [1.82, 2.24) is 0 Å². The second-order valence-corrected chi connectivity index (χ2v) is 2.02. The smallest absolute Gasteiger partial charge is 0.870 e. The van der Waals surface area contributed by atoms with Crippen molar-refractivity contribution in [1.29, 1.82) is 0 Å². The normalized spacial score (nSPS) is 6.71. The van der Waals surface area contributed by atoms with E-state index in [-0.39, 0.29) is 11.0 Å². The molecule has 0 bridgehead atoms. The van der Waals surface area contributed by atoms with Gasteiger partial charge in [0.2, 0.25) is 5.91 Å². The van der Waals surface area contributed by atoms with Crippen LogP contribution in [0.3, 0.4) is 0 Å². The molecular weight excluding hydrogens is 181 g/mol. The predicted molar refractivity (Wildman–Crippen MR) is 55.1 cm³/mol. The van der Waals surface area contributed by atoms with Crippen molar-refractivity contribution < 1.29 is 15.7 Å². The summed E-state index contributed by atoms with van der Waals surface area (Å²) >= 11 is 0. The summed E-state index contributed by atoms with van der Waals surface area (Å²) in [6.45, 7) is 3.09. The Morgan fingerprint density at radius 2 is 1.64 bits per heavy atom. The quantitative estimate of drug-likeness (QED) is 0.492. The number of rotatable bonds is 1. The van der Waals surface area contributed by atoms with E-state index in [1.165, 1.54) is 0 Å². The maximum Gasteiger partial charge on any atom is -0.870 e. The average molecular weight is 193 g/mol. The number of carbonyl (C=O) groups is 1. The summed E-state index contributed by atoms with van der Waals surface area (Å²) in [6.07, 6.45) is 1.06. The molecular formula is C9H12BNO3. The maximum absolute atomic E-state index is 9.47. The molecule has 74 valence electrons. The van der Waals surface area contributed by atoms with Crippen LogP contribution in [0.1, 0.15) is 0 Å². The first-order valence-electron chi connectivity index (χ1n) is 3.39. The molecule has 0 fully saturated rings. The molecule has 0 saturated carbocycles. The van der Waals surface area contributed by atoms with Gasteiger partial charge in [0.15, 0.2) is 0 Å². The minimum atomic E-state index is -0.481. The van der Waals surface area contributed by atoms with Gasteiger partial charge in [0.05, 0.1) is 0 Å². The summed E-state index contributed by atoms with van der Waals surface area (Å²) in [6, 6.07) is 9.49. The molecule has 0 saturated heterocycles. The number of primary amides is 1. The Morgan fingerprint density at radius 3 is 1.79 bits per heavy atom. The molecule has 14 heavy (non-hydrogen) atoms. The molecule has 1 aromatic rings. The Bertz CT molecular complexity index is 251. The fourth-order valence-electron chi connectivity index (χ4n) is 0.453. The molecule has 4 nitrogen and oxygen atoms in total. The van der Waals surface area contributed by atoms with Crippen LogP contribution in [-0.4, -0.2) is 24.7 Å². The van der Waals surface area contributed by atoms with Gasteiger partial charge in [0, 0.05) is 0 Å². The van der Waals surface area contributed by atoms with Gasteiger partial charge in [-0.15, -0.1) is 0 Å². The van der Waals surface area contributed by atoms with E-state index in [2.05, 4.69) is 12.3 Å². The third kappa shape index (κ3) is 13.0. The van der Waals surface area contributed by atoms with Crippen LogP contribution in [0.4, 0.5) is 0 Å². The van der Waals surface area contributed by atoms with Crippen LogP contribution in [0, 0.1) is 0 Å². The SMILES string of the molecule is C=CC(N)=O.[B+2]c1ccccc1.[OH-].[OH-]. The number of hydrogen-bond acceptors (Lipinski definition) is 3. The number of amides is 1. The van der Waals surface area contributed by atoms with Gasteiger partial charge in [-0.1, -0.05) is 6.58 Å². The summed E-state index contributed by atoms with van der Waals surface area (Å²) in [4.78, 5) is 9.47. The predicted octanol–water partition coefficient (Wildman–Crippen LogP) is -0.216. The van der Waals surface area contributed by atoms with Crippen LogP contribution in [0.5, 0.6) is 0 Å². The maximum atomic E-state index is 9.47. The first-order valence-corrected chi connectivity index (χ1v) is 3.39. The summed E-state index contributed by atoms with van der Waals surface area (Å²) in [5, 5.41) is 0. The number of carbonyl (C=O) groups excluding carboxylic acids is 1. The molecule has 0 aliphatic heterocycles. The van der Waals surface area contributed by atoms with Crippen molar-refractivity contribution in [2.75, 3.05) is 0 Å². The fraction of sp³-hybridized carbons (Fsp3) is 0. The molecule has 1 aromatic carbocycles. The van der Waals surface area contributed by atoms with Crippen LogP contribution in [0.25, 0.3) is 0 Å². The second kappa shape index (κ2) is 11.4. The number of nitrogens with two attached hydrogens (primary N) is 1. The molecule has 5 heteroatoms. The van der Waals surface area contributed by atoms with Crippen LogP contribution in [0.15, 0.2) is 43.0 Å². The fourth-order valence-corrected chi connectivity index (χ4v) is 0.453. The van der Waals surface area contributed by atoms with Gasteiger partial charge >= 0.3 is 43.6 Å². The standard InChI is InChI=1S/C6H5B.C3H5NO.2H2O/c7-6-4-2-1-3-5-6;1-2-3(4)5;;/h1-5H;2H,1H2,(H2,4,5);2*1H2/q+2;;;/p-2. The third-order valence-corrected chi connectivity index (χ3v) is 1.00. The Kier molecular flexibility index (Phi) is 14.9. The van der Waals surface area contributed by atoms with E-state index in [9.17, 15) is 4.79 Å². The first-order chi connectivity index (χ1) is 5.66. The molecule has 0 aliphatic rings. The van der Waals surface area contributed by atoms with E-state index < -0.39 is 5.91 Å². The number of benzene rings is 1. The van der Waals surface area contributed by atoms with Gasteiger partial charge in [-0.2, -0.15) is 0 Å². The summed E-state index contributed by atoms with van der Waals surface area (Å²) in [7, 11) is 5.36. The van der Waals surface area contributed by atoms with Gasteiger partial charge in [-0.05, 0) is 6.08 Å². The molecule has 0 aliphatic carbocycles. The molecule has 0 heterocycles. The molecule has 0 radical (unpaired) electrons. The van der Waals surface area contributed by atoms with Crippen molar-refractivity contribution in [2.45, 2.75) is 0 Å². The molecule has 0 spiro atoms. The molecule has 1 rings (SSSR count). The number of hydrogen-bond donors (Lipinski definition) is 1. The Balaban J connectivity index is -0.000000159. The van der Waals surface area contributed by atoms with Crippen LogP contribution < -0.4 is 11.2 Å². The van der Waals surface area contributed by atoms with Gasteiger partial charge in [-0.3, -0.25) is 4.79 Å². The third-order valence-electron chi connectivity index (χ3n) is 1.00. The summed E-state index contributed by atoms with van der Waals surface area (Å²) in [5.41, 5.74) is 5.36. The molecule has 1 amide bonds. The second-order valence-electron chi connectivity index (χ2n) is 2.02. The first kappa shape index (κ1) is 18.2. The van der Waals surface area contributed by atoms with Crippen molar-refractivity contribution in [2.24, 2.45) is 5.73 Å². The van der Waals surface area contributed by atoms with Gasteiger partial charge < -0.3 is 16.7 Å². The molecule has 4 N–H and O–H groups in total. The largest absolute Gasteiger partial charge is 0.870 e. The van der Waals surface area contributed by atoms with Crippen molar-refractivity contribution >= 4 is 19.2 Å². The average Bonchev–Trinajstić information content (AvgIpc) is 2.07. The van der Waals surface area contributed by atoms with E-state index in [0.29, 0.717) is 0 Å². The van der Waals surface area contributed by atoms with E-state index in [1.807, 2.05) is 30.3 Å². The van der Waals surface area contributed by atoms with Crippen molar-refractivity contribution in [3.63, 3.8) is 0 Å². The van der Waals surface area contributed by atoms with Crippen molar-refractivity contribution in [3.05, 3.63) is 43.0 Å². The van der Waals surface area contributed by atoms with Gasteiger partial charge in [0.25, 0.3) is 0 Å². The van der Waals surface area contributed by atoms with Crippen LogP contribution in [0.2, 0.25) is 0 Å². The van der Waals surface area contributed by atoms with Crippen LogP contribution in [-0.2, 0) is 4.79 Å². The summed E-state index contributed by atoms with van der Waals surface area (Å²) in [5.74, 6) is -0.481. The minimum absolute atomic E-state index is 0. The van der Waals surface area contributed by atoms with Crippen LogP contribution >= 0.6 is 0 Å². The topological polar surface area (TPSA) is 103 Å². The minimum Gasteiger partial charge on any atom is -0.870 e. The Hall–Kier alpha value is -1.59. The Morgan fingerprint density at radius 1 is 1.29 bits per heavy atom. The zero-order valence-electron chi connectivity index (χ0n) is 7.63. The summed E-state index contributed by atoms with van der Waals surface area (Å²) < 4.78 is 0. The van der Waals surface area contributed by atoms with Gasteiger partial charge in [0.1, 0.15) is 0 Å². The molecule has 0 unspecified atom stereocenters.